The number of esters is 1. The van der Waals surface area contributed by atoms with E-state index < -0.39 is 29.5 Å². The maximum atomic E-state index is 14.6. The monoisotopic (exact) mass is 457 g/mol. The van der Waals surface area contributed by atoms with Crippen LogP contribution in [0.5, 0.6) is 0 Å². The van der Waals surface area contributed by atoms with Crippen LogP contribution >= 0.6 is 34.8 Å². The van der Waals surface area contributed by atoms with Crippen LogP contribution in [0.15, 0.2) is 12.1 Å². The normalized spacial score (nSPS) is 14.4. The van der Waals surface area contributed by atoms with Crippen LogP contribution in [-0.2, 0) is 22.7 Å². The molecule has 3 nitrogen and oxygen atoms in total. The molecule has 1 aromatic carbocycles. The van der Waals surface area contributed by atoms with Gasteiger partial charge in [0.2, 0.25) is 0 Å². The van der Waals surface area contributed by atoms with Crippen molar-refractivity contribution in [1.82, 2.24) is 4.98 Å². The van der Waals surface area contributed by atoms with E-state index in [2.05, 4.69) is 4.98 Å². The molecule has 1 fully saturated rings. The lowest BCUT2D eigenvalue weighted by molar-refractivity contribution is -0.141. The summed E-state index contributed by atoms with van der Waals surface area (Å²) in [7, 11) is 0. The molecule has 2 aromatic rings. The van der Waals surface area contributed by atoms with Crippen molar-refractivity contribution >= 4 is 40.8 Å². The number of rotatable bonds is 6. The molecule has 1 heterocycles. The number of halogens is 7. The lowest BCUT2D eigenvalue weighted by Gasteiger charge is -2.12. The predicted molar refractivity (Wildman–Crippen MR) is 98.3 cm³/mol. The summed E-state index contributed by atoms with van der Waals surface area (Å²) in [6.45, 7) is 0.212. The fourth-order valence-corrected chi connectivity index (χ4v) is 3.54. The van der Waals surface area contributed by atoms with E-state index >= 15 is 0 Å². The van der Waals surface area contributed by atoms with E-state index in [4.69, 9.17) is 39.5 Å². The number of benzene rings is 1. The zero-order valence-electron chi connectivity index (χ0n) is 14.2. The Bertz CT molecular complexity index is 907. The number of alkyl halides is 5. The second-order valence-electron chi connectivity index (χ2n) is 6.45. The van der Waals surface area contributed by atoms with Crippen molar-refractivity contribution in [1.29, 1.82) is 0 Å². The van der Waals surface area contributed by atoms with Gasteiger partial charge in [0.15, 0.2) is 0 Å². The molecular weight excluding hydrogens is 445 g/mol. The molecule has 0 aliphatic heterocycles. The molecule has 10 heteroatoms. The summed E-state index contributed by atoms with van der Waals surface area (Å²) in [5.74, 6) is -2.27. The minimum absolute atomic E-state index is 0.0665. The Balaban J connectivity index is 2.11. The number of ether oxygens (including phenoxy) is 1. The van der Waals surface area contributed by atoms with Crippen LogP contribution in [0.1, 0.15) is 40.2 Å². The standard InChI is InChI=1S/C18H14Cl3F4NO2/c19-5-11-15(14(6-20)26-16(11)18(23,24)25)10-3-9(12(21)4-13(10)22)17(27)28-7-8-1-2-8/h3-4,8,26H,1-2,5-7H2. The van der Waals surface area contributed by atoms with Crippen LogP contribution < -0.4 is 0 Å². The number of H-pyrrole nitrogens is 1. The van der Waals surface area contributed by atoms with Crippen LogP contribution in [0.25, 0.3) is 11.1 Å². The second kappa shape index (κ2) is 8.13. The SMILES string of the molecule is O=C(OCC1CC1)c1cc(-c2c(CCl)[nH]c(C(F)(F)F)c2CCl)c(F)cc1Cl. The molecule has 0 unspecified atom stereocenters. The third kappa shape index (κ3) is 4.26. The molecule has 0 radical (unpaired) electrons. The molecule has 152 valence electrons. The molecule has 0 saturated heterocycles. The Morgan fingerprint density at radius 3 is 2.43 bits per heavy atom. The van der Waals surface area contributed by atoms with Crippen molar-refractivity contribution in [3.05, 3.63) is 45.5 Å². The van der Waals surface area contributed by atoms with Gasteiger partial charge in [0, 0.05) is 22.4 Å². The van der Waals surface area contributed by atoms with E-state index in [1.807, 2.05) is 0 Å². The van der Waals surface area contributed by atoms with Crippen LogP contribution in [0, 0.1) is 11.7 Å². The molecule has 1 saturated carbocycles. The first-order valence-corrected chi connectivity index (χ1v) is 9.71. The van der Waals surface area contributed by atoms with Gasteiger partial charge in [-0.3, -0.25) is 0 Å². The van der Waals surface area contributed by atoms with E-state index in [0.29, 0.717) is 5.92 Å². The van der Waals surface area contributed by atoms with Gasteiger partial charge in [0.05, 0.1) is 29.0 Å². The van der Waals surface area contributed by atoms with E-state index in [-0.39, 0.29) is 45.5 Å². The lowest BCUT2D eigenvalue weighted by atomic mass is 9.98. The number of aromatic amines is 1. The number of carbonyl (C=O) groups excluding carboxylic acids is 1. The summed E-state index contributed by atoms with van der Waals surface area (Å²) in [6.07, 6.45) is -2.83. The first kappa shape index (κ1) is 21.3. The molecule has 1 aromatic heterocycles. The highest BCUT2D eigenvalue weighted by atomic mass is 35.5. The summed E-state index contributed by atoms with van der Waals surface area (Å²) < 4.78 is 59.7. The molecule has 1 aliphatic rings. The Hall–Kier alpha value is -1.44. The van der Waals surface area contributed by atoms with Crippen molar-refractivity contribution < 1.29 is 27.1 Å². The van der Waals surface area contributed by atoms with Crippen molar-refractivity contribution in [3.8, 4) is 11.1 Å². The van der Waals surface area contributed by atoms with Gasteiger partial charge < -0.3 is 9.72 Å². The Morgan fingerprint density at radius 2 is 1.89 bits per heavy atom. The fraction of sp³-hybridized carbons (Fsp3) is 0.389. The summed E-state index contributed by atoms with van der Waals surface area (Å²) in [4.78, 5) is 14.5. The van der Waals surface area contributed by atoms with Crippen molar-refractivity contribution in [2.24, 2.45) is 5.92 Å². The molecule has 0 bridgehead atoms. The predicted octanol–water partition coefficient (Wildman–Crippen LogP) is 6.54. The van der Waals surface area contributed by atoms with Crippen LogP contribution in [-0.4, -0.2) is 17.6 Å². The molecule has 1 N–H and O–H groups in total. The third-order valence-electron chi connectivity index (χ3n) is 4.42. The van der Waals surface area contributed by atoms with E-state index in [1.165, 1.54) is 0 Å². The van der Waals surface area contributed by atoms with E-state index in [1.54, 1.807) is 0 Å². The average molecular weight is 459 g/mol. The quantitative estimate of drug-likeness (QED) is 0.303. The maximum absolute atomic E-state index is 14.6. The second-order valence-corrected chi connectivity index (χ2v) is 7.39. The van der Waals surface area contributed by atoms with E-state index in [9.17, 15) is 22.4 Å². The largest absolute Gasteiger partial charge is 0.462 e. The van der Waals surface area contributed by atoms with Crippen LogP contribution in [0.2, 0.25) is 5.02 Å². The van der Waals surface area contributed by atoms with Crippen LogP contribution in [0.4, 0.5) is 17.6 Å². The number of carbonyl (C=O) groups is 1. The number of hydrogen-bond donors (Lipinski definition) is 1. The first-order chi connectivity index (χ1) is 13.2. The van der Waals surface area contributed by atoms with Gasteiger partial charge in [0.1, 0.15) is 11.5 Å². The van der Waals surface area contributed by atoms with Crippen LogP contribution in [0.3, 0.4) is 0 Å². The Labute approximate surface area is 172 Å². The Kier molecular flexibility index (Phi) is 6.17. The molecule has 0 atom stereocenters. The van der Waals surface area contributed by atoms with Crippen molar-refractivity contribution in [2.45, 2.75) is 30.8 Å². The first-order valence-electron chi connectivity index (χ1n) is 8.26. The zero-order chi connectivity index (χ0) is 20.6. The van der Waals surface area contributed by atoms with Crippen molar-refractivity contribution in [2.75, 3.05) is 6.61 Å². The highest BCUT2D eigenvalue weighted by Crippen LogP contribution is 2.42. The molecule has 0 amide bonds. The smallest absolute Gasteiger partial charge is 0.431 e. The minimum Gasteiger partial charge on any atom is -0.462 e. The third-order valence-corrected chi connectivity index (χ3v) is 5.27. The van der Waals surface area contributed by atoms with Gasteiger partial charge in [0.25, 0.3) is 0 Å². The lowest BCUT2D eigenvalue weighted by Crippen LogP contribution is -2.09. The highest BCUT2D eigenvalue weighted by Gasteiger charge is 2.38. The summed E-state index contributed by atoms with van der Waals surface area (Å²) >= 11 is 17.5. The molecule has 28 heavy (non-hydrogen) atoms. The van der Waals surface area contributed by atoms with E-state index in [0.717, 1.165) is 25.0 Å². The minimum atomic E-state index is -4.74. The van der Waals surface area contributed by atoms with Crippen molar-refractivity contribution in [3.63, 3.8) is 0 Å². The average Bonchev–Trinajstić information content (AvgIpc) is 3.37. The molecule has 3 rings (SSSR count). The van der Waals surface area contributed by atoms with Gasteiger partial charge in [-0.2, -0.15) is 13.2 Å². The number of nitrogens with one attached hydrogen (secondary N) is 1. The van der Waals surface area contributed by atoms with Gasteiger partial charge in [-0.25, -0.2) is 9.18 Å². The maximum Gasteiger partial charge on any atom is 0.431 e. The summed E-state index contributed by atoms with van der Waals surface area (Å²) in [5.41, 5.74) is -2.08. The Morgan fingerprint density at radius 1 is 1.21 bits per heavy atom. The van der Waals surface area contributed by atoms with Gasteiger partial charge in [-0.15, -0.1) is 23.2 Å². The zero-order valence-corrected chi connectivity index (χ0v) is 16.5. The van der Waals surface area contributed by atoms with Gasteiger partial charge >= 0.3 is 12.1 Å². The fourth-order valence-electron chi connectivity index (χ4n) is 2.85. The number of aromatic nitrogens is 1. The van der Waals surface area contributed by atoms with Gasteiger partial charge in [-0.05, 0) is 30.9 Å². The van der Waals surface area contributed by atoms with Gasteiger partial charge in [-0.1, -0.05) is 11.6 Å². The molecule has 1 aliphatic carbocycles. The molecule has 0 spiro atoms. The summed E-state index contributed by atoms with van der Waals surface area (Å²) in [5, 5.41) is -0.200. The highest BCUT2D eigenvalue weighted by molar-refractivity contribution is 6.33. The topological polar surface area (TPSA) is 42.1 Å². The molecular formula is C18H14Cl3F4NO2. The number of hydrogen-bond acceptors (Lipinski definition) is 2. The summed E-state index contributed by atoms with van der Waals surface area (Å²) in [6, 6.07) is 1.93.